The summed E-state index contributed by atoms with van der Waals surface area (Å²) in [6.07, 6.45) is 2.03. The topological polar surface area (TPSA) is 84.2 Å². The number of halogens is 1. The van der Waals surface area contributed by atoms with E-state index in [4.69, 9.17) is 5.14 Å². The van der Waals surface area contributed by atoms with E-state index in [1.807, 2.05) is 0 Å². The highest BCUT2D eigenvalue weighted by atomic mass is 35.5. The number of nitrogens with one attached hydrogen (secondary N) is 2. The molecule has 80 valence electrons. The second-order valence-electron chi connectivity index (χ2n) is 3.09. The first-order valence-corrected chi connectivity index (χ1v) is 5.60. The van der Waals surface area contributed by atoms with E-state index in [0.717, 1.165) is 25.9 Å². The third-order valence-corrected chi connectivity index (χ3v) is 2.60. The van der Waals surface area contributed by atoms with Gasteiger partial charge in [0.25, 0.3) is 10.2 Å². The number of hydrogen-bond donors (Lipinski definition) is 3. The number of rotatable bonds is 3. The summed E-state index contributed by atoms with van der Waals surface area (Å²) in [4.78, 5) is 0. The Kier molecular flexibility index (Phi) is 5.82. The molecule has 1 aliphatic rings. The number of piperidine rings is 1. The van der Waals surface area contributed by atoms with E-state index in [1.165, 1.54) is 0 Å². The molecule has 0 radical (unpaired) electrons. The average molecular weight is 230 g/mol. The van der Waals surface area contributed by atoms with Crippen LogP contribution in [-0.4, -0.2) is 28.1 Å². The SMILES string of the molecule is Cl.NS(=O)(=O)NCC1CCNCC1. The van der Waals surface area contributed by atoms with Crippen LogP contribution in [0.4, 0.5) is 0 Å². The van der Waals surface area contributed by atoms with E-state index < -0.39 is 10.2 Å². The van der Waals surface area contributed by atoms with Gasteiger partial charge in [-0.25, -0.2) is 9.86 Å². The van der Waals surface area contributed by atoms with Crippen molar-refractivity contribution in [3.63, 3.8) is 0 Å². The Labute approximate surface area is 85.0 Å². The summed E-state index contributed by atoms with van der Waals surface area (Å²) < 4.78 is 23.4. The molecule has 4 N–H and O–H groups in total. The van der Waals surface area contributed by atoms with Gasteiger partial charge < -0.3 is 5.32 Å². The van der Waals surface area contributed by atoms with Gasteiger partial charge >= 0.3 is 0 Å². The molecule has 7 heteroatoms. The first-order chi connectivity index (χ1) is 5.58. The van der Waals surface area contributed by atoms with Crippen molar-refractivity contribution in [1.29, 1.82) is 0 Å². The second-order valence-corrected chi connectivity index (χ2v) is 4.47. The van der Waals surface area contributed by atoms with Gasteiger partial charge in [0, 0.05) is 6.54 Å². The van der Waals surface area contributed by atoms with Gasteiger partial charge in [0.1, 0.15) is 0 Å². The molecule has 1 rings (SSSR count). The molecule has 0 bridgehead atoms. The van der Waals surface area contributed by atoms with Crippen molar-refractivity contribution in [1.82, 2.24) is 10.0 Å². The Morgan fingerprint density at radius 2 is 1.92 bits per heavy atom. The maximum absolute atomic E-state index is 10.5. The predicted octanol–water partition coefficient (Wildman–Crippen LogP) is -0.799. The molecule has 1 heterocycles. The maximum atomic E-state index is 10.5. The fraction of sp³-hybridized carbons (Fsp3) is 1.00. The molecule has 1 aliphatic heterocycles. The van der Waals surface area contributed by atoms with Gasteiger partial charge in [-0.2, -0.15) is 8.42 Å². The summed E-state index contributed by atoms with van der Waals surface area (Å²) in [6, 6.07) is 0. The minimum atomic E-state index is -3.49. The Hall–Kier alpha value is 0.120. The molecule has 0 spiro atoms. The van der Waals surface area contributed by atoms with Gasteiger partial charge in [0.15, 0.2) is 0 Å². The first kappa shape index (κ1) is 13.1. The van der Waals surface area contributed by atoms with Crippen LogP contribution >= 0.6 is 12.4 Å². The molecule has 0 aromatic heterocycles. The average Bonchev–Trinajstić information content (AvgIpc) is 2.02. The zero-order chi connectivity index (χ0) is 9.03. The third-order valence-electron chi connectivity index (χ3n) is 2.03. The maximum Gasteiger partial charge on any atom is 0.274 e. The molecule has 0 amide bonds. The largest absolute Gasteiger partial charge is 0.317 e. The molecule has 0 unspecified atom stereocenters. The van der Waals surface area contributed by atoms with Crippen LogP contribution in [0.3, 0.4) is 0 Å². The normalized spacial score (nSPS) is 19.5. The minimum Gasteiger partial charge on any atom is -0.317 e. The Morgan fingerprint density at radius 1 is 1.38 bits per heavy atom. The van der Waals surface area contributed by atoms with Crippen molar-refractivity contribution in [3.8, 4) is 0 Å². The highest BCUT2D eigenvalue weighted by molar-refractivity contribution is 7.87. The van der Waals surface area contributed by atoms with Gasteiger partial charge in [-0.1, -0.05) is 0 Å². The summed E-state index contributed by atoms with van der Waals surface area (Å²) in [6.45, 7) is 2.41. The fourth-order valence-corrected chi connectivity index (χ4v) is 1.79. The van der Waals surface area contributed by atoms with Crippen molar-refractivity contribution in [2.75, 3.05) is 19.6 Å². The molecular weight excluding hydrogens is 214 g/mol. The highest BCUT2D eigenvalue weighted by Gasteiger charge is 2.14. The van der Waals surface area contributed by atoms with Crippen LogP contribution in [0.1, 0.15) is 12.8 Å². The van der Waals surface area contributed by atoms with Crippen LogP contribution in [0.5, 0.6) is 0 Å². The van der Waals surface area contributed by atoms with Gasteiger partial charge in [0.2, 0.25) is 0 Å². The van der Waals surface area contributed by atoms with E-state index in [0.29, 0.717) is 12.5 Å². The summed E-state index contributed by atoms with van der Waals surface area (Å²) in [7, 11) is -3.49. The Morgan fingerprint density at radius 3 is 2.38 bits per heavy atom. The lowest BCUT2D eigenvalue weighted by atomic mass is 9.99. The summed E-state index contributed by atoms with van der Waals surface area (Å²) in [5.41, 5.74) is 0. The minimum absolute atomic E-state index is 0. The molecule has 5 nitrogen and oxygen atoms in total. The van der Waals surface area contributed by atoms with Crippen molar-refractivity contribution in [3.05, 3.63) is 0 Å². The molecule has 1 saturated heterocycles. The van der Waals surface area contributed by atoms with E-state index >= 15 is 0 Å². The van der Waals surface area contributed by atoms with Crippen LogP contribution in [0.2, 0.25) is 0 Å². The number of nitrogens with two attached hydrogens (primary N) is 1. The highest BCUT2D eigenvalue weighted by Crippen LogP contribution is 2.09. The molecule has 0 atom stereocenters. The quantitative estimate of drug-likeness (QED) is 0.593. The monoisotopic (exact) mass is 229 g/mol. The van der Waals surface area contributed by atoms with Gasteiger partial charge in [-0.15, -0.1) is 12.4 Å². The third kappa shape index (κ3) is 6.23. The molecule has 13 heavy (non-hydrogen) atoms. The molecule has 1 fully saturated rings. The van der Waals surface area contributed by atoms with Crippen LogP contribution in [0.15, 0.2) is 0 Å². The van der Waals surface area contributed by atoms with E-state index in [9.17, 15) is 8.42 Å². The van der Waals surface area contributed by atoms with E-state index in [2.05, 4.69) is 10.0 Å². The molecule has 0 saturated carbocycles. The molecule has 0 aromatic carbocycles. The van der Waals surface area contributed by atoms with Gasteiger partial charge in [-0.3, -0.25) is 0 Å². The van der Waals surface area contributed by atoms with Gasteiger partial charge in [0.05, 0.1) is 0 Å². The van der Waals surface area contributed by atoms with Crippen LogP contribution in [0.25, 0.3) is 0 Å². The first-order valence-electron chi connectivity index (χ1n) is 4.06. The Balaban J connectivity index is 0.00000144. The zero-order valence-corrected chi connectivity index (χ0v) is 8.96. The van der Waals surface area contributed by atoms with E-state index in [1.54, 1.807) is 0 Å². The lowest BCUT2D eigenvalue weighted by molar-refractivity contribution is 0.372. The molecule has 0 aliphatic carbocycles. The van der Waals surface area contributed by atoms with Crippen LogP contribution in [-0.2, 0) is 10.2 Å². The van der Waals surface area contributed by atoms with Gasteiger partial charge in [-0.05, 0) is 31.8 Å². The molecular formula is C6H16ClN3O2S. The lowest BCUT2D eigenvalue weighted by Gasteiger charge is -2.22. The summed E-state index contributed by atoms with van der Waals surface area (Å²) in [5, 5.41) is 8.00. The smallest absolute Gasteiger partial charge is 0.274 e. The van der Waals surface area contributed by atoms with Crippen LogP contribution in [0, 0.1) is 5.92 Å². The van der Waals surface area contributed by atoms with Crippen molar-refractivity contribution in [2.45, 2.75) is 12.8 Å². The number of hydrogen-bond acceptors (Lipinski definition) is 3. The molecule has 0 aromatic rings. The van der Waals surface area contributed by atoms with Crippen molar-refractivity contribution < 1.29 is 8.42 Å². The fourth-order valence-electron chi connectivity index (χ4n) is 1.32. The summed E-state index contributed by atoms with van der Waals surface area (Å²) in [5.74, 6) is 0.435. The van der Waals surface area contributed by atoms with Crippen LogP contribution < -0.4 is 15.2 Å². The standard InChI is InChI=1S/C6H15N3O2S.ClH/c7-12(10,11)9-5-6-1-3-8-4-2-6;/h6,8-9H,1-5H2,(H2,7,10,11);1H. The lowest BCUT2D eigenvalue weighted by Crippen LogP contribution is -2.38. The zero-order valence-electron chi connectivity index (χ0n) is 7.32. The summed E-state index contributed by atoms with van der Waals surface area (Å²) >= 11 is 0. The van der Waals surface area contributed by atoms with Crippen molar-refractivity contribution in [2.24, 2.45) is 11.1 Å². The van der Waals surface area contributed by atoms with E-state index in [-0.39, 0.29) is 12.4 Å². The Bertz CT molecular complexity index is 226. The predicted molar refractivity (Wildman–Crippen MR) is 54.0 cm³/mol. The second kappa shape index (κ2) is 5.77. The van der Waals surface area contributed by atoms with Crippen molar-refractivity contribution >= 4 is 22.6 Å².